The van der Waals surface area contributed by atoms with E-state index in [1.165, 1.54) is 23.6 Å². The molecule has 0 radical (unpaired) electrons. The van der Waals surface area contributed by atoms with Gasteiger partial charge in [-0.3, -0.25) is 14.9 Å². The van der Waals surface area contributed by atoms with Crippen molar-refractivity contribution in [3.05, 3.63) is 74.8 Å². The molecule has 28 heavy (non-hydrogen) atoms. The summed E-state index contributed by atoms with van der Waals surface area (Å²) in [6.07, 6.45) is 0. The molecule has 7 nitrogen and oxygen atoms in total. The molecule has 0 spiro atoms. The monoisotopic (exact) mass is 384 g/mol. The van der Waals surface area contributed by atoms with E-state index in [1.54, 1.807) is 7.05 Å². The summed E-state index contributed by atoms with van der Waals surface area (Å²) in [5.41, 5.74) is 1.84. The fourth-order valence-corrected chi connectivity index (χ4v) is 2.75. The van der Waals surface area contributed by atoms with E-state index >= 15 is 0 Å². The van der Waals surface area contributed by atoms with Crippen LogP contribution in [0.4, 0.5) is 5.69 Å². The molecule has 7 heteroatoms. The zero-order valence-electron chi connectivity index (χ0n) is 16.7. The van der Waals surface area contributed by atoms with Crippen molar-refractivity contribution in [1.29, 1.82) is 0 Å². The molecule has 1 amide bonds. The minimum atomic E-state index is -0.738. The first-order valence-corrected chi connectivity index (χ1v) is 8.75. The molecule has 0 aromatic heterocycles. The average molecular weight is 384 g/mol. The van der Waals surface area contributed by atoms with Crippen LogP contribution < -0.4 is 0 Å². The number of carbonyl (C=O) groups is 2. The van der Waals surface area contributed by atoms with Crippen molar-refractivity contribution in [2.45, 2.75) is 32.7 Å². The second-order valence-electron chi connectivity index (χ2n) is 7.63. The topological polar surface area (TPSA) is 89.8 Å². The molecule has 0 N–H and O–H groups in total. The zero-order chi connectivity index (χ0) is 21.1. The average Bonchev–Trinajstić information content (AvgIpc) is 2.65. The Morgan fingerprint density at radius 1 is 1.07 bits per heavy atom. The first-order valence-electron chi connectivity index (χ1n) is 8.75. The molecule has 2 rings (SSSR count). The molecule has 2 aromatic carbocycles. The molecule has 0 bridgehead atoms. The van der Waals surface area contributed by atoms with Gasteiger partial charge in [-0.1, -0.05) is 45.0 Å². The van der Waals surface area contributed by atoms with E-state index in [4.69, 9.17) is 0 Å². The summed E-state index contributed by atoms with van der Waals surface area (Å²) in [4.78, 5) is 36.5. The molecule has 148 valence electrons. The van der Waals surface area contributed by atoms with Gasteiger partial charge in [0.15, 0.2) is 0 Å². The van der Waals surface area contributed by atoms with Crippen molar-refractivity contribution >= 4 is 17.6 Å². The molecule has 0 atom stereocenters. The van der Waals surface area contributed by atoms with Crippen molar-refractivity contribution in [2.24, 2.45) is 0 Å². The van der Waals surface area contributed by atoms with Gasteiger partial charge >= 0.3 is 5.97 Å². The van der Waals surface area contributed by atoms with Crippen LogP contribution in [0.3, 0.4) is 0 Å². The predicted octanol–water partition coefficient (Wildman–Crippen LogP) is 3.95. The Morgan fingerprint density at radius 2 is 1.64 bits per heavy atom. The highest BCUT2D eigenvalue weighted by molar-refractivity contribution is 5.98. The molecule has 0 saturated heterocycles. The third-order valence-electron chi connectivity index (χ3n) is 4.38. The summed E-state index contributed by atoms with van der Waals surface area (Å²) in [6.45, 7) is 6.70. The van der Waals surface area contributed by atoms with Gasteiger partial charge < -0.3 is 9.64 Å². The van der Waals surface area contributed by atoms with Gasteiger partial charge in [0.05, 0.1) is 17.6 Å². The molecular weight excluding hydrogens is 360 g/mol. The van der Waals surface area contributed by atoms with Gasteiger partial charge in [-0.2, -0.15) is 0 Å². The molecule has 0 aliphatic rings. The fraction of sp³-hybridized carbons (Fsp3) is 0.333. The first-order chi connectivity index (χ1) is 13.0. The Bertz CT molecular complexity index is 898. The standard InChI is InChI=1S/C21H24N2O5/c1-21(2,3)17-8-6-14(7-9-17)13-22(4)19(24)15-10-16(20(25)28-5)12-18(11-15)23(26)27/h6-12H,13H2,1-5H3. The Kier molecular flexibility index (Phi) is 6.18. The second kappa shape index (κ2) is 8.21. The van der Waals surface area contributed by atoms with Gasteiger partial charge in [-0.15, -0.1) is 0 Å². The van der Waals surface area contributed by atoms with Crippen molar-refractivity contribution in [2.75, 3.05) is 14.2 Å². The van der Waals surface area contributed by atoms with E-state index in [-0.39, 0.29) is 22.2 Å². The number of nitrogens with zero attached hydrogens (tertiary/aromatic N) is 2. The number of hydrogen-bond acceptors (Lipinski definition) is 5. The van der Waals surface area contributed by atoms with Gasteiger partial charge in [0.2, 0.25) is 0 Å². The Balaban J connectivity index is 2.26. The molecule has 0 unspecified atom stereocenters. The highest BCUT2D eigenvalue weighted by Crippen LogP contribution is 2.23. The van der Waals surface area contributed by atoms with Crippen LogP contribution in [-0.2, 0) is 16.7 Å². The largest absolute Gasteiger partial charge is 0.465 e. The van der Waals surface area contributed by atoms with Crippen LogP contribution in [-0.4, -0.2) is 35.9 Å². The van der Waals surface area contributed by atoms with Gasteiger partial charge in [0, 0.05) is 31.3 Å². The summed E-state index contributed by atoms with van der Waals surface area (Å²) in [5, 5.41) is 11.1. The lowest BCUT2D eigenvalue weighted by molar-refractivity contribution is -0.384. The van der Waals surface area contributed by atoms with Crippen LogP contribution in [0.25, 0.3) is 0 Å². The van der Waals surface area contributed by atoms with Crippen LogP contribution >= 0.6 is 0 Å². The molecule has 0 fully saturated rings. The van der Waals surface area contributed by atoms with E-state index in [0.29, 0.717) is 6.54 Å². The van der Waals surface area contributed by atoms with Crippen LogP contribution in [0.5, 0.6) is 0 Å². The number of non-ortho nitro benzene ring substituents is 1. The number of benzene rings is 2. The van der Waals surface area contributed by atoms with E-state index < -0.39 is 16.8 Å². The fourth-order valence-electron chi connectivity index (χ4n) is 2.75. The quantitative estimate of drug-likeness (QED) is 0.442. The molecule has 0 saturated carbocycles. The number of ether oxygens (including phenoxy) is 1. The lowest BCUT2D eigenvalue weighted by Crippen LogP contribution is -2.26. The number of rotatable bonds is 5. The van der Waals surface area contributed by atoms with Crippen molar-refractivity contribution < 1.29 is 19.2 Å². The number of nitro groups is 1. The first kappa shape index (κ1) is 21.1. The van der Waals surface area contributed by atoms with E-state index in [1.807, 2.05) is 24.3 Å². The van der Waals surface area contributed by atoms with Crippen LogP contribution in [0.15, 0.2) is 42.5 Å². The minimum absolute atomic E-state index is 0.0352. The Labute approximate surface area is 164 Å². The van der Waals surface area contributed by atoms with Gasteiger partial charge in [0.1, 0.15) is 0 Å². The SMILES string of the molecule is COC(=O)c1cc(C(=O)N(C)Cc2ccc(C(C)(C)C)cc2)cc([N+](=O)[O-])c1. The summed E-state index contributed by atoms with van der Waals surface area (Å²) in [7, 11) is 2.78. The van der Waals surface area contributed by atoms with E-state index in [9.17, 15) is 19.7 Å². The van der Waals surface area contributed by atoms with E-state index in [2.05, 4.69) is 25.5 Å². The second-order valence-corrected chi connectivity index (χ2v) is 7.63. The minimum Gasteiger partial charge on any atom is -0.465 e. The third-order valence-corrected chi connectivity index (χ3v) is 4.38. The lowest BCUT2D eigenvalue weighted by atomic mass is 9.87. The molecular formula is C21H24N2O5. The summed E-state index contributed by atoms with van der Waals surface area (Å²) in [5.74, 6) is -1.16. The predicted molar refractivity (Wildman–Crippen MR) is 105 cm³/mol. The van der Waals surface area contributed by atoms with Gasteiger partial charge in [-0.25, -0.2) is 4.79 Å². The summed E-state index contributed by atoms with van der Waals surface area (Å²) in [6, 6.07) is 11.5. The number of amides is 1. The smallest absolute Gasteiger partial charge is 0.338 e. The highest BCUT2D eigenvalue weighted by Gasteiger charge is 2.21. The number of methoxy groups -OCH3 is 1. The van der Waals surface area contributed by atoms with E-state index in [0.717, 1.165) is 17.7 Å². The maximum atomic E-state index is 12.8. The van der Waals surface area contributed by atoms with Gasteiger partial charge in [-0.05, 0) is 22.6 Å². The molecule has 0 aliphatic heterocycles. The van der Waals surface area contributed by atoms with Crippen LogP contribution in [0, 0.1) is 10.1 Å². The number of esters is 1. The van der Waals surface area contributed by atoms with Crippen molar-refractivity contribution in [3.8, 4) is 0 Å². The summed E-state index contributed by atoms with van der Waals surface area (Å²) < 4.78 is 4.61. The normalized spacial score (nSPS) is 11.0. The number of nitro benzene ring substituents is 1. The molecule has 0 aliphatic carbocycles. The maximum Gasteiger partial charge on any atom is 0.338 e. The summed E-state index contributed by atoms with van der Waals surface area (Å²) >= 11 is 0. The number of carbonyl (C=O) groups excluding carboxylic acids is 2. The maximum absolute atomic E-state index is 12.8. The van der Waals surface area contributed by atoms with Gasteiger partial charge in [0.25, 0.3) is 11.6 Å². The third kappa shape index (κ3) is 4.94. The molecule has 2 aromatic rings. The van der Waals surface area contributed by atoms with Crippen LogP contribution in [0.2, 0.25) is 0 Å². The van der Waals surface area contributed by atoms with Crippen molar-refractivity contribution in [3.63, 3.8) is 0 Å². The molecule has 0 heterocycles. The van der Waals surface area contributed by atoms with Crippen LogP contribution in [0.1, 0.15) is 52.6 Å². The highest BCUT2D eigenvalue weighted by atomic mass is 16.6. The Morgan fingerprint density at radius 3 is 2.14 bits per heavy atom. The van der Waals surface area contributed by atoms with Crippen molar-refractivity contribution in [1.82, 2.24) is 4.90 Å². The lowest BCUT2D eigenvalue weighted by Gasteiger charge is -2.21. The Hall–Kier alpha value is -3.22. The zero-order valence-corrected chi connectivity index (χ0v) is 16.7. The number of hydrogen-bond donors (Lipinski definition) is 0.